The van der Waals surface area contributed by atoms with Crippen LogP contribution < -0.4 is 5.32 Å². The van der Waals surface area contributed by atoms with Crippen LogP contribution in [-0.4, -0.2) is 5.91 Å². The van der Waals surface area contributed by atoms with Crippen LogP contribution in [0, 0.1) is 23.0 Å². The van der Waals surface area contributed by atoms with Gasteiger partial charge >= 0.3 is 0 Å². The van der Waals surface area contributed by atoms with Crippen LogP contribution >= 0.6 is 0 Å². The Morgan fingerprint density at radius 1 is 1.19 bits per heavy atom. The first kappa shape index (κ1) is 14.7. The van der Waals surface area contributed by atoms with E-state index in [1.165, 1.54) is 12.1 Å². The van der Waals surface area contributed by atoms with Crippen molar-refractivity contribution in [2.75, 3.05) is 0 Å². The van der Waals surface area contributed by atoms with Crippen LogP contribution in [0.15, 0.2) is 42.5 Å². The van der Waals surface area contributed by atoms with Gasteiger partial charge in [-0.05, 0) is 23.8 Å². The number of nitriles is 1. The lowest BCUT2D eigenvalue weighted by Gasteiger charge is -2.07. The van der Waals surface area contributed by atoms with E-state index in [0.717, 1.165) is 11.6 Å². The minimum Gasteiger partial charge on any atom is -0.352 e. The number of carbonyl (C=O) groups is 1. The van der Waals surface area contributed by atoms with E-state index in [1.54, 1.807) is 24.3 Å². The Kier molecular flexibility index (Phi) is 4.62. The highest BCUT2D eigenvalue weighted by Gasteiger charge is 2.11. The number of halogens is 2. The lowest BCUT2D eigenvalue weighted by molar-refractivity contribution is -0.120. The number of rotatable bonds is 4. The molecule has 0 radical (unpaired) electrons. The van der Waals surface area contributed by atoms with E-state index < -0.39 is 17.5 Å². The summed E-state index contributed by atoms with van der Waals surface area (Å²) in [7, 11) is 0. The summed E-state index contributed by atoms with van der Waals surface area (Å²) in [5.41, 5.74) is 1.28. The number of carbonyl (C=O) groups excluding carboxylic acids is 1. The van der Waals surface area contributed by atoms with Gasteiger partial charge in [-0.1, -0.05) is 24.3 Å². The van der Waals surface area contributed by atoms with Gasteiger partial charge < -0.3 is 5.32 Å². The monoisotopic (exact) mass is 286 g/mol. The molecule has 1 N–H and O–H groups in total. The molecule has 0 aromatic heterocycles. The normalized spacial score (nSPS) is 9.95. The third-order valence-electron chi connectivity index (χ3n) is 2.93. The third kappa shape index (κ3) is 3.86. The van der Waals surface area contributed by atoms with Gasteiger partial charge in [-0.15, -0.1) is 0 Å². The van der Waals surface area contributed by atoms with E-state index in [1.807, 2.05) is 6.07 Å². The summed E-state index contributed by atoms with van der Waals surface area (Å²) in [5.74, 6) is -2.39. The molecule has 2 aromatic rings. The second kappa shape index (κ2) is 6.62. The lowest BCUT2D eigenvalue weighted by Crippen LogP contribution is -2.25. The molecule has 3 nitrogen and oxygen atoms in total. The number of hydrogen-bond donors (Lipinski definition) is 1. The standard InChI is InChI=1S/C16H12F2N2O/c17-14-6-2-5-13(16(14)18)8-15(21)20-10-12-4-1-3-11(7-12)9-19/h1-7H,8,10H2,(H,20,21). The molecule has 2 rings (SSSR count). The fourth-order valence-electron chi connectivity index (χ4n) is 1.87. The SMILES string of the molecule is N#Cc1cccc(CNC(=O)Cc2cccc(F)c2F)c1. The van der Waals surface area contributed by atoms with Crippen LogP contribution in [-0.2, 0) is 17.8 Å². The summed E-state index contributed by atoms with van der Waals surface area (Å²) in [4.78, 5) is 11.7. The Bertz CT molecular complexity index is 708. The van der Waals surface area contributed by atoms with Crippen molar-refractivity contribution in [3.05, 3.63) is 70.8 Å². The molecular weight excluding hydrogens is 274 g/mol. The third-order valence-corrected chi connectivity index (χ3v) is 2.93. The van der Waals surface area contributed by atoms with Crippen LogP contribution in [0.5, 0.6) is 0 Å². The highest BCUT2D eigenvalue weighted by Crippen LogP contribution is 2.12. The van der Waals surface area contributed by atoms with Gasteiger partial charge in [0.1, 0.15) is 0 Å². The topological polar surface area (TPSA) is 52.9 Å². The van der Waals surface area contributed by atoms with E-state index in [9.17, 15) is 13.6 Å². The van der Waals surface area contributed by atoms with Crippen LogP contribution in [0.25, 0.3) is 0 Å². The summed E-state index contributed by atoms with van der Waals surface area (Å²) in [6, 6.07) is 12.5. The van der Waals surface area contributed by atoms with Crippen molar-refractivity contribution in [1.82, 2.24) is 5.32 Å². The number of benzene rings is 2. The highest BCUT2D eigenvalue weighted by atomic mass is 19.2. The Hall–Kier alpha value is -2.74. The molecule has 0 unspecified atom stereocenters. The van der Waals surface area contributed by atoms with Crippen molar-refractivity contribution in [3.63, 3.8) is 0 Å². The Labute approximate surface area is 120 Å². The van der Waals surface area contributed by atoms with Crippen molar-refractivity contribution in [1.29, 1.82) is 5.26 Å². The van der Waals surface area contributed by atoms with E-state index in [2.05, 4.69) is 5.32 Å². The van der Waals surface area contributed by atoms with Gasteiger partial charge in [-0.3, -0.25) is 4.79 Å². The smallest absolute Gasteiger partial charge is 0.224 e. The minimum absolute atomic E-state index is 0.0123. The van der Waals surface area contributed by atoms with Gasteiger partial charge in [-0.2, -0.15) is 5.26 Å². The van der Waals surface area contributed by atoms with E-state index >= 15 is 0 Å². The summed E-state index contributed by atoms with van der Waals surface area (Å²) < 4.78 is 26.5. The van der Waals surface area contributed by atoms with Crippen LogP contribution in [0.2, 0.25) is 0 Å². The van der Waals surface area contributed by atoms with Gasteiger partial charge in [0.25, 0.3) is 0 Å². The molecule has 0 aliphatic carbocycles. The first-order chi connectivity index (χ1) is 10.1. The molecule has 0 aliphatic heterocycles. The second-order valence-corrected chi connectivity index (χ2v) is 4.48. The van der Waals surface area contributed by atoms with Crippen LogP contribution in [0.1, 0.15) is 16.7 Å². The number of hydrogen-bond acceptors (Lipinski definition) is 2. The fourth-order valence-corrected chi connectivity index (χ4v) is 1.87. The summed E-state index contributed by atoms with van der Waals surface area (Å²) in [6.07, 6.45) is -0.235. The quantitative estimate of drug-likeness (QED) is 0.939. The Morgan fingerprint density at radius 2 is 1.95 bits per heavy atom. The van der Waals surface area contributed by atoms with E-state index in [-0.39, 0.29) is 18.5 Å². The maximum Gasteiger partial charge on any atom is 0.224 e. The average Bonchev–Trinajstić information content (AvgIpc) is 2.50. The van der Waals surface area contributed by atoms with Crippen molar-refractivity contribution < 1.29 is 13.6 Å². The number of nitrogens with zero attached hydrogens (tertiary/aromatic N) is 1. The molecule has 0 heterocycles. The zero-order valence-electron chi connectivity index (χ0n) is 11.1. The van der Waals surface area contributed by atoms with Gasteiger partial charge in [0.05, 0.1) is 18.1 Å². The zero-order valence-corrected chi connectivity index (χ0v) is 11.1. The molecule has 0 saturated heterocycles. The molecule has 0 fully saturated rings. The number of nitrogens with one attached hydrogen (secondary N) is 1. The van der Waals surface area contributed by atoms with Gasteiger partial charge in [0, 0.05) is 12.1 Å². The van der Waals surface area contributed by atoms with Gasteiger partial charge in [0.15, 0.2) is 11.6 Å². The largest absolute Gasteiger partial charge is 0.352 e. The van der Waals surface area contributed by atoms with Crippen molar-refractivity contribution in [3.8, 4) is 6.07 Å². The minimum atomic E-state index is -1.00. The van der Waals surface area contributed by atoms with Crippen molar-refractivity contribution in [2.24, 2.45) is 0 Å². The molecule has 0 saturated carbocycles. The van der Waals surface area contributed by atoms with Crippen molar-refractivity contribution >= 4 is 5.91 Å². The van der Waals surface area contributed by atoms with Crippen LogP contribution in [0.3, 0.4) is 0 Å². The second-order valence-electron chi connectivity index (χ2n) is 4.48. The Morgan fingerprint density at radius 3 is 2.71 bits per heavy atom. The van der Waals surface area contributed by atoms with Gasteiger partial charge in [0.2, 0.25) is 5.91 Å². The Balaban J connectivity index is 1.96. The first-order valence-electron chi connectivity index (χ1n) is 6.29. The van der Waals surface area contributed by atoms with E-state index in [0.29, 0.717) is 5.56 Å². The zero-order chi connectivity index (χ0) is 15.2. The summed E-state index contributed by atoms with van der Waals surface area (Å²) in [5, 5.41) is 11.4. The molecule has 0 spiro atoms. The molecule has 0 aliphatic rings. The molecule has 1 amide bonds. The summed E-state index contributed by atoms with van der Waals surface area (Å²) in [6.45, 7) is 0.227. The fraction of sp³-hybridized carbons (Fsp3) is 0.125. The van der Waals surface area contributed by atoms with Crippen molar-refractivity contribution in [2.45, 2.75) is 13.0 Å². The molecular formula is C16H12F2N2O. The van der Waals surface area contributed by atoms with Crippen LogP contribution in [0.4, 0.5) is 8.78 Å². The maximum absolute atomic E-state index is 13.4. The molecule has 2 aromatic carbocycles. The highest BCUT2D eigenvalue weighted by molar-refractivity contribution is 5.78. The molecule has 5 heteroatoms. The molecule has 106 valence electrons. The van der Waals surface area contributed by atoms with E-state index in [4.69, 9.17) is 5.26 Å². The lowest BCUT2D eigenvalue weighted by atomic mass is 10.1. The maximum atomic E-state index is 13.4. The summed E-state index contributed by atoms with van der Waals surface area (Å²) >= 11 is 0. The number of amides is 1. The predicted molar refractivity (Wildman–Crippen MR) is 73.1 cm³/mol. The molecule has 0 bridgehead atoms. The molecule has 21 heavy (non-hydrogen) atoms. The molecule has 0 atom stereocenters. The first-order valence-corrected chi connectivity index (χ1v) is 6.29. The van der Waals surface area contributed by atoms with Gasteiger partial charge in [-0.25, -0.2) is 8.78 Å². The average molecular weight is 286 g/mol. The predicted octanol–water partition coefficient (Wildman–Crippen LogP) is 2.70.